The van der Waals surface area contributed by atoms with E-state index in [-0.39, 0.29) is 11.9 Å². The molecule has 2 N–H and O–H groups in total. The van der Waals surface area contributed by atoms with Gasteiger partial charge < -0.3 is 15.3 Å². The lowest BCUT2D eigenvalue weighted by Gasteiger charge is -2.68. The Kier molecular flexibility index (Phi) is 11.7. The molecule has 0 bridgehead atoms. The van der Waals surface area contributed by atoms with Crippen molar-refractivity contribution in [3.05, 3.63) is 54.1 Å². The van der Waals surface area contributed by atoms with Gasteiger partial charge in [-0.15, -0.1) is 6.58 Å². The van der Waals surface area contributed by atoms with E-state index in [4.69, 9.17) is 9.90 Å². The molecule has 6 nitrogen and oxygen atoms in total. The first-order chi connectivity index (χ1) is 23.2. The van der Waals surface area contributed by atoms with E-state index in [1.54, 1.807) is 11.6 Å². The van der Waals surface area contributed by atoms with Crippen LogP contribution < -0.4 is 5.32 Å². The van der Waals surface area contributed by atoms with E-state index < -0.39 is 9.84 Å². The number of benzene rings is 1. The van der Waals surface area contributed by atoms with Gasteiger partial charge in [-0.05, 0) is 129 Å². The monoisotopic (exact) mass is 694 g/mol. The number of nitrogens with zero attached hydrogens (tertiary/aromatic N) is 1. The van der Waals surface area contributed by atoms with Crippen molar-refractivity contribution in [2.45, 2.75) is 111 Å². The quantitative estimate of drug-likeness (QED) is 0.238. The van der Waals surface area contributed by atoms with Crippen molar-refractivity contribution in [1.82, 2.24) is 10.2 Å². The van der Waals surface area contributed by atoms with Crippen LogP contribution in [0.1, 0.15) is 110 Å². The Hall–Kier alpha value is -1.96. The van der Waals surface area contributed by atoms with Crippen molar-refractivity contribution in [2.24, 2.45) is 45.8 Å². The molecule has 1 aromatic carbocycles. The molecule has 274 valence electrons. The second kappa shape index (κ2) is 14.9. The van der Waals surface area contributed by atoms with Crippen LogP contribution in [0.25, 0.3) is 5.57 Å². The molecule has 1 saturated heterocycles. The molecule has 5 fully saturated rings. The van der Waals surface area contributed by atoms with Gasteiger partial charge in [0.2, 0.25) is 0 Å². The summed E-state index contributed by atoms with van der Waals surface area (Å²) in [5.74, 6) is 4.82. The zero-order valence-electron chi connectivity index (χ0n) is 31.5. The summed E-state index contributed by atoms with van der Waals surface area (Å²) in [5, 5.41) is 11.1. The van der Waals surface area contributed by atoms with Gasteiger partial charge >= 0.3 is 0 Å². The summed E-state index contributed by atoms with van der Waals surface area (Å²) in [7, 11) is -2.81. The van der Waals surface area contributed by atoms with Gasteiger partial charge in [0.15, 0.2) is 9.84 Å². The Bertz CT molecular complexity index is 1430. The predicted octanol–water partition coefficient (Wildman–Crippen LogP) is 8.42. The lowest BCUT2D eigenvalue weighted by Crippen LogP contribution is -2.63. The maximum Gasteiger partial charge on any atom is 0.290 e. The molecular formula is C42H66N2O4S. The van der Waals surface area contributed by atoms with Crippen LogP contribution in [-0.2, 0) is 14.6 Å². The Morgan fingerprint density at radius 1 is 0.918 bits per heavy atom. The highest BCUT2D eigenvalue weighted by molar-refractivity contribution is 7.91. The topological polar surface area (TPSA) is 86.7 Å². The van der Waals surface area contributed by atoms with E-state index >= 15 is 0 Å². The maximum absolute atomic E-state index is 11.9. The maximum atomic E-state index is 11.9. The van der Waals surface area contributed by atoms with Gasteiger partial charge in [-0.25, -0.2) is 8.42 Å². The first kappa shape index (κ1) is 38.3. The number of rotatable bonds is 5. The summed E-state index contributed by atoms with van der Waals surface area (Å²) in [4.78, 5) is 10.7. The van der Waals surface area contributed by atoms with Crippen LogP contribution in [0.4, 0.5) is 0 Å². The molecule has 4 saturated carbocycles. The minimum absolute atomic E-state index is 0.204. The van der Waals surface area contributed by atoms with Crippen LogP contribution in [0.15, 0.2) is 43.0 Å². The number of allylic oxidation sites excluding steroid dienone is 3. The van der Waals surface area contributed by atoms with Crippen molar-refractivity contribution >= 4 is 21.9 Å². The normalized spacial score (nSPS) is 38.7. The standard InChI is InChI=1S/C38H58N2O2S.C3H6.CH2O2/c1-27-8-10-28(11-9-27)30-14-18-37(5)33(35(30,2)3)16-19-36(4)31-15-20-38(17-6-7-32(38)29(31)12-13-34(36)37)39-21-22-40-23-25-43(41,42)26-24-40;1-3-2;2-1-3/h8-11,14,29,31-34,39H,6-7,12-13,15-26H2,1-5H3;3H,1H2,2H3;1H,(H,2,3). The SMILES string of the molecule is C=CC.Cc1ccc(C2=CCC3(C)C(CCC4(C)C5CCC6(NCCN7CCS(=O)(=O)CC7)CCCC6C5CCC43)C2(C)C)cc1.O=CO. The zero-order chi connectivity index (χ0) is 35.7. The number of hydrogen-bond donors (Lipinski definition) is 2. The molecule has 1 aromatic rings. The number of fused-ring (bicyclic) bond motifs is 7. The highest BCUT2D eigenvalue weighted by atomic mass is 32.2. The number of carbonyl (C=O) groups is 1. The predicted molar refractivity (Wildman–Crippen MR) is 203 cm³/mol. The highest BCUT2D eigenvalue weighted by Crippen LogP contribution is 2.72. The third-order valence-electron chi connectivity index (χ3n) is 14.8. The third-order valence-corrected chi connectivity index (χ3v) is 16.4. The average Bonchev–Trinajstić information content (AvgIpc) is 3.47. The van der Waals surface area contributed by atoms with Crippen molar-refractivity contribution in [3.63, 3.8) is 0 Å². The molecule has 5 aliphatic carbocycles. The van der Waals surface area contributed by atoms with Gasteiger partial charge in [-0.1, -0.05) is 76.1 Å². The summed E-state index contributed by atoms with van der Waals surface area (Å²) in [5.41, 5.74) is 5.77. The molecule has 7 heteroatoms. The molecule has 8 atom stereocenters. The lowest BCUT2D eigenvalue weighted by molar-refractivity contribution is -0.172. The van der Waals surface area contributed by atoms with Gasteiger partial charge in [0, 0.05) is 31.7 Å². The number of carboxylic acid groups (broad SMARTS) is 1. The lowest BCUT2D eigenvalue weighted by atomic mass is 9.37. The van der Waals surface area contributed by atoms with Crippen molar-refractivity contribution in [1.29, 1.82) is 0 Å². The Labute approximate surface area is 298 Å². The largest absolute Gasteiger partial charge is 0.483 e. The second-order valence-electron chi connectivity index (χ2n) is 17.5. The number of hydrogen-bond acceptors (Lipinski definition) is 5. The fraction of sp³-hybridized carbons (Fsp3) is 0.738. The smallest absolute Gasteiger partial charge is 0.290 e. The molecule has 1 heterocycles. The van der Waals surface area contributed by atoms with Crippen LogP contribution in [0, 0.1) is 52.8 Å². The first-order valence-corrected chi connectivity index (χ1v) is 21.1. The van der Waals surface area contributed by atoms with Gasteiger partial charge in [-0.3, -0.25) is 4.79 Å². The van der Waals surface area contributed by atoms with Crippen LogP contribution in [0.5, 0.6) is 0 Å². The molecule has 6 aliphatic rings. The molecule has 8 unspecified atom stereocenters. The fourth-order valence-electron chi connectivity index (χ4n) is 12.8. The number of aryl methyl sites for hydroxylation is 1. The highest BCUT2D eigenvalue weighted by Gasteiger charge is 2.65. The summed E-state index contributed by atoms with van der Waals surface area (Å²) >= 11 is 0. The Morgan fingerprint density at radius 2 is 1.57 bits per heavy atom. The van der Waals surface area contributed by atoms with Crippen LogP contribution in [0.2, 0.25) is 0 Å². The molecule has 0 aromatic heterocycles. The fourth-order valence-corrected chi connectivity index (χ4v) is 14.1. The first-order valence-electron chi connectivity index (χ1n) is 19.3. The number of nitrogens with one attached hydrogen (secondary N) is 1. The molecule has 7 rings (SSSR count). The molecular weight excluding hydrogens is 629 g/mol. The van der Waals surface area contributed by atoms with E-state index in [0.717, 1.165) is 42.7 Å². The van der Waals surface area contributed by atoms with Crippen molar-refractivity contribution in [3.8, 4) is 0 Å². The van der Waals surface area contributed by atoms with E-state index in [0.29, 0.717) is 41.0 Å². The van der Waals surface area contributed by atoms with Crippen LogP contribution in [0.3, 0.4) is 0 Å². The summed E-state index contributed by atoms with van der Waals surface area (Å²) in [6.45, 7) is 21.2. The van der Waals surface area contributed by atoms with Crippen molar-refractivity contribution in [2.75, 3.05) is 37.7 Å². The van der Waals surface area contributed by atoms with Gasteiger partial charge in [0.1, 0.15) is 0 Å². The summed E-state index contributed by atoms with van der Waals surface area (Å²) < 4.78 is 23.8. The van der Waals surface area contributed by atoms with Gasteiger partial charge in [0.25, 0.3) is 6.47 Å². The molecule has 0 radical (unpaired) electrons. The van der Waals surface area contributed by atoms with E-state index in [9.17, 15) is 8.42 Å². The van der Waals surface area contributed by atoms with E-state index in [2.05, 4.69) is 81.8 Å². The molecule has 1 aliphatic heterocycles. The van der Waals surface area contributed by atoms with Crippen molar-refractivity contribution < 1.29 is 18.3 Å². The third kappa shape index (κ3) is 7.24. The second-order valence-corrected chi connectivity index (χ2v) is 19.8. The summed E-state index contributed by atoms with van der Waals surface area (Å²) in [6.07, 6.45) is 18.2. The van der Waals surface area contributed by atoms with Gasteiger partial charge in [-0.2, -0.15) is 0 Å². The molecule has 49 heavy (non-hydrogen) atoms. The van der Waals surface area contributed by atoms with E-state index in [1.807, 2.05) is 6.92 Å². The minimum Gasteiger partial charge on any atom is -0.483 e. The molecule has 0 spiro atoms. The Morgan fingerprint density at radius 3 is 2.22 bits per heavy atom. The minimum atomic E-state index is -2.81. The summed E-state index contributed by atoms with van der Waals surface area (Å²) in [6, 6.07) is 9.32. The average molecular weight is 695 g/mol. The van der Waals surface area contributed by atoms with E-state index in [1.165, 1.54) is 75.3 Å². The zero-order valence-corrected chi connectivity index (χ0v) is 32.3. The molecule has 0 amide bonds. The van der Waals surface area contributed by atoms with Gasteiger partial charge in [0.05, 0.1) is 11.5 Å². The van der Waals surface area contributed by atoms with Crippen LogP contribution in [-0.4, -0.2) is 68.1 Å². The number of sulfone groups is 1. The van der Waals surface area contributed by atoms with Crippen LogP contribution >= 0.6 is 0 Å². The Balaban J connectivity index is 0.000000729.